The van der Waals surface area contributed by atoms with Crippen molar-refractivity contribution in [1.29, 1.82) is 0 Å². The van der Waals surface area contributed by atoms with Crippen LogP contribution < -0.4 is 0 Å². The van der Waals surface area contributed by atoms with Crippen molar-refractivity contribution in [1.82, 2.24) is 0 Å². The monoisotopic (exact) mass is 1590 g/mol. The van der Waals surface area contributed by atoms with Crippen molar-refractivity contribution in [3.63, 3.8) is 0 Å². The molecule has 27 aromatic rings. The highest BCUT2D eigenvalue weighted by atomic mass is 32.1. The first-order valence-electron chi connectivity index (χ1n) is 42.6. The number of para-hydroxylation sites is 2. The number of furan rings is 3. The van der Waals surface area contributed by atoms with Gasteiger partial charge in [0.25, 0.3) is 0 Å². The second kappa shape index (κ2) is 27.8. The van der Waals surface area contributed by atoms with Gasteiger partial charge in [0.2, 0.25) is 0 Å². The highest BCUT2D eigenvalue weighted by molar-refractivity contribution is 7.26. The molecule has 124 heavy (non-hydrogen) atoms. The van der Waals surface area contributed by atoms with Crippen LogP contribution in [0.2, 0.25) is 0 Å². The fourth-order valence-electron chi connectivity index (χ4n) is 21.1. The molecule has 0 aliphatic rings. The van der Waals surface area contributed by atoms with E-state index in [-0.39, 0.29) is 0 Å². The zero-order valence-corrected chi connectivity index (χ0v) is 67.9. The van der Waals surface area contributed by atoms with Crippen molar-refractivity contribution < 1.29 is 13.3 Å². The van der Waals surface area contributed by atoms with E-state index in [1.165, 1.54) is 184 Å². The molecule has 0 bridgehead atoms. The molecular weight excluding hydrogens is 1520 g/mol. The minimum Gasteiger partial charge on any atom is -0.455 e. The molecule has 0 saturated carbocycles. The maximum absolute atomic E-state index is 6.97. The predicted molar refractivity (Wildman–Crippen MR) is 529 cm³/mol. The molecule has 0 amide bonds. The third kappa shape index (κ3) is 10.6. The maximum Gasteiger partial charge on any atom is 0.143 e. The minimum absolute atomic E-state index is 0.874. The summed E-state index contributed by atoms with van der Waals surface area (Å²) in [6.45, 7) is 0. The van der Waals surface area contributed by atoms with Crippen LogP contribution in [0.5, 0.6) is 0 Å². The van der Waals surface area contributed by atoms with Gasteiger partial charge >= 0.3 is 0 Å². The average Bonchev–Trinajstić information content (AvgIpc) is 1.44. The third-order valence-corrected chi connectivity index (χ3v) is 27.5. The first-order chi connectivity index (χ1) is 61.6. The van der Waals surface area contributed by atoms with Crippen molar-refractivity contribution >= 4 is 194 Å². The third-order valence-electron chi connectivity index (χ3n) is 26.3. The number of rotatable bonds is 8. The van der Waals surface area contributed by atoms with Crippen LogP contribution >= 0.6 is 11.3 Å². The molecule has 23 aromatic carbocycles. The standard InChI is InChI=1S/C62H36O2.C58H34OS/c1-2-16-38(17-3-1)57-46-23-10-12-25-48(46)60(49-26-13-11-24-47(49)57)52-28-14-27-50-53-35-39(30-33-55(53)64-62(50)52)58-42-19-6-8-21-44(42)59(45-22-9-7-20-43(45)58)40-31-34-56-54(36-40)51-32-29-37-15-4-5-18-41(37)61(51)63-56;1-2-16-35(17-3-1)53-38-19-4-8-23-42(38)55(43-24-9-5-20-39(43)53)48-29-14-27-46-50-34-36(32-33-51(50)59-57(46)48)54-40-21-6-10-25-44(40)56(45-26-11-7-22-41(45)54)49-30-15-28-47-37-18-12-13-31-52(37)60-58(47)49/h1-36H;1-34H. The summed E-state index contributed by atoms with van der Waals surface area (Å²) in [6, 6.07) is 155. The Labute approximate surface area is 716 Å². The van der Waals surface area contributed by atoms with Gasteiger partial charge in [0.05, 0.1) is 0 Å². The Hall–Kier alpha value is -16.0. The zero-order valence-electron chi connectivity index (χ0n) is 67.0. The summed E-state index contributed by atoms with van der Waals surface area (Å²) < 4.78 is 23.1. The SMILES string of the molecule is c1ccc(-c2c3ccccc3c(-c3cccc4c3oc3ccc(-c5c6ccccc6c(-c6ccc7oc8c9ccccc9ccc8c7c6)c6ccccc56)cc34)c3ccccc23)cc1.c1ccc(-c2c3ccccc3c(-c3cccc4c3oc3ccc(-c5c6ccccc6c(-c6cccc7c6sc6ccccc67)c6ccccc56)cc34)c3ccccc23)cc1. The predicted octanol–water partition coefficient (Wildman–Crippen LogP) is 35.2. The van der Waals surface area contributed by atoms with Crippen molar-refractivity contribution in [2.45, 2.75) is 0 Å². The van der Waals surface area contributed by atoms with Gasteiger partial charge < -0.3 is 13.3 Å². The van der Waals surface area contributed by atoms with Crippen molar-refractivity contribution in [2.24, 2.45) is 0 Å². The van der Waals surface area contributed by atoms with Gasteiger partial charge in [-0.1, -0.05) is 376 Å². The van der Waals surface area contributed by atoms with E-state index in [1.54, 1.807) is 0 Å². The van der Waals surface area contributed by atoms with Gasteiger partial charge in [-0.05, 0) is 201 Å². The molecule has 4 heteroatoms. The first-order valence-corrected chi connectivity index (χ1v) is 43.4. The van der Waals surface area contributed by atoms with E-state index in [4.69, 9.17) is 13.3 Å². The van der Waals surface area contributed by atoms with Gasteiger partial charge in [0, 0.05) is 85.7 Å². The lowest BCUT2D eigenvalue weighted by atomic mass is 9.85. The smallest absolute Gasteiger partial charge is 0.143 e. The molecular formula is C120H70O3S. The molecule has 0 aliphatic heterocycles. The molecule has 27 rings (SSSR count). The molecule has 4 aromatic heterocycles. The fourth-order valence-corrected chi connectivity index (χ4v) is 22.3. The Morgan fingerprint density at radius 2 is 0.411 bits per heavy atom. The summed E-state index contributed by atoms with van der Waals surface area (Å²) in [7, 11) is 0. The van der Waals surface area contributed by atoms with Crippen LogP contribution in [-0.2, 0) is 0 Å². The van der Waals surface area contributed by atoms with Gasteiger partial charge in [-0.25, -0.2) is 0 Å². The summed E-state index contributed by atoms with van der Waals surface area (Å²) >= 11 is 1.89. The van der Waals surface area contributed by atoms with Gasteiger partial charge in [-0.15, -0.1) is 11.3 Å². The van der Waals surface area contributed by atoms with Gasteiger partial charge in [0.15, 0.2) is 0 Å². The molecule has 0 atom stereocenters. The summed E-state index contributed by atoms with van der Waals surface area (Å²) in [5, 5.41) is 31.3. The highest BCUT2D eigenvalue weighted by Gasteiger charge is 2.27. The Bertz CT molecular complexity index is 8970. The van der Waals surface area contributed by atoms with Crippen molar-refractivity contribution in [3.05, 3.63) is 425 Å². The molecule has 0 saturated heterocycles. The maximum atomic E-state index is 6.97. The largest absolute Gasteiger partial charge is 0.455 e. The van der Waals surface area contributed by atoms with E-state index in [0.717, 1.165) is 87.9 Å². The second-order valence-electron chi connectivity index (χ2n) is 32.8. The van der Waals surface area contributed by atoms with Gasteiger partial charge in [0.1, 0.15) is 33.5 Å². The Kier molecular flexibility index (Phi) is 15.7. The lowest BCUT2D eigenvalue weighted by Crippen LogP contribution is -1.91. The van der Waals surface area contributed by atoms with E-state index in [1.807, 2.05) is 11.3 Å². The van der Waals surface area contributed by atoms with Crippen molar-refractivity contribution in [3.8, 4) is 89.0 Å². The fraction of sp³-hybridized carbons (Fsp3) is 0. The van der Waals surface area contributed by atoms with E-state index in [2.05, 4.69) is 425 Å². The van der Waals surface area contributed by atoms with Crippen LogP contribution in [0, 0.1) is 0 Å². The second-order valence-corrected chi connectivity index (χ2v) is 33.9. The number of thiophene rings is 1. The summed E-state index contributed by atoms with van der Waals surface area (Å²) in [5.41, 5.74) is 24.7. The molecule has 0 fully saturated rings. The van der Waals surface area contributed by atoms with E-state index < -0.39 is 0 Å². The number of hydrogen-bond acceptors (Lipinski definition) is 4. The van der Waals surface area contributed by atoms with Gasteiger partial charge in [-0.2, -0.15) is 0 Å². The number of hydrogen-bond donors (Lipinski definition) is 0. The van der Waals surface area contributed by atoms with Crippen LogP contribution in [0.3, 0.4) is 0 Å². The molecule has 0 unspecified atom stereocenters. The number of fused-ring (bicyclic) bond motifs is 22. The van der Waals surface area contributed by atoms with Crippen molar-refractivity contribution in [2.75, 3.05) is 0 Å². The van der Waals surface area contributed by atoms with Crippen LogP contribution in [0.15, 0.2) is 438 Å². The first kappa shape index (κ1) is 69.9. The van der Waals surface area contributed by atoms with E-state index in [0.29, 0.717) is 0 Å². The molecule has 4 heterocycles. The Morgan fingerprint density at radius 1 is 0.145 bits per heavy atom. The van der Waals surface area contributed by atoms with Crippen LogP contribution in [0.1, 0.15) is 0 Å². The quantitative estimate of drug-likeness (QED) is 0.142. The topological polar surface area (TPSA) is 39.4 Å². The molecule has 0 spiro atoms. The summed E-state index contributed by atoms with van der Waals surface area (Å²) in [4.78, 5) is 0. The van der Waals surface area contributed by atoms with Gasteiger partial charge in [-0.3, -0.25) is 0 Å². The number of benzene rings is 23. The minimum atomic E-state index is 0.874. The Balaban J connectivity index is 0.000000133. The van der Waals surface area contributed by atoms with Crippen LogP contribution in [0.25, 0.3) is 272 Å². The van der Waals surface area contributed by atoms with Crippen LogP contribution in [0.4, 0.5) is 0 Å². The molecule has 574 valence electrons. The molecule has 3 nitrogen and oxygen atoms in total. The van der Waals surface area contributed by atoms with Crippen LogP contribution in [-0.4, -0.2) is 0 Å². The average molecular weight is 1590 g/mol. The summed E-state index contributed by atoms with van der Waals surface area (Å²) in [5.74, 6) is 0. The summed E-state index contributed by atoms with van der Waals surface area (Å²) in [6.07, 6.45) is 0. The lowest BCUT2D eigenvalue weighted by Gasteiger charge is -2.18. The molecule has 0 aliphatic carbocycles. The molecule has 0 N–H and O–H groups in total. The zero-order chi connectivity index (χ0) is 81.2. The highest BCUT2D eigenvalue weighted by Crippen LogP contribution is 2.54. The van der Waals surface area contributed by atoms with E-state index >= 15 is 0 Å². The normalized spacial score (nSPS) is 12.0. The van der Waals surface area contributed by atoms with E-state index in [9.17, 15) is 0 Å². The Morgan fingerprint density at radius 3 is 0.782 bits per heavy atom. The lowest BCUT2D eigenvalue weighted by molar-refractivity contribution is 0.670. The molecule has 0 radical (unpaired) electrons.